The quantitative estimate of drug-likeness (QED) is 0.534. The Morgan fingerprint density at radius 3 is 2.43 bits per heavy atom. The maximum absolute atomic E-state index is 12.8. The molecule has 6 nitrogen and oxygen atoms in total. The Kier molecular flexibility index (Phi) is 2.22. The second kappa shape index (κ2) is 3.59. The van der Waals surface area contributed by atoms with E-state index in [2.05, 4.69) is 27.7 Å². The van der Waals surface area contributed by atoms with Gasteiger partial charge in [0.05, 0.1) is 12.2 Å². The van der Waals surface area contributed by atoms with E-state index >= 15 is 0 Å². The summed E-state index contributed by atoms with van der Waals surface area (Å²) >= 11 is 0. The molecular weight excluding hydrogens is 300 g/mol. The van der Waals surface area contributed by atoms with E-state index in [1.54, 1.807) is 0 Å². The van der Waals surface area contributed by atoms with E-state index in [0.29, 0.717) is 0 Å². The van der Waals surface area contributed by atoms with Gasteiger partial charge in [-0.2, -0.15) is 0 Å². The molecule has 0 radical (unpaired) electrons. The molecule has 23 heavy (non-hydrogen) atoms. The fourth-order valence-electron chi connectivity index (χ4n) is 6.69. The van der Waals surface area contributed by atoms with Crippen LogP contribution in [0.2, 0.25) is 0 Å². The molecule has 5 aliphatic rings. The zero-order valence-corrected chi connectivity index (χ0v) is 14.0. The van der Waals surface area contributed by atoms with E-state index in [1.165, 1.54) is 6.92 Å². The third-order valence-corrected chi connectivity index (χ3v) is 8.17. The number of hydrogen-bond donors (Lipinski definition) is 0. The average Bonchev–Trinajstić information content (AvgIpc) is 3.04. The Hall–Kier alpha value is -1.14. The number of fused-ring (bicyclic) bond motifs is 4. The number of esters is 2. The molecule has 0 aromatic carbocycles. The molecule has 6 heteroatoms. The monoisotopic (exact) mass is 322 g/mol. The molecular formula is C17H22O6. The summed E-state index contributed by atoms with van der Waals surface area (Å²) in [5.74, 6) is -0.353. The molecule has 0 amide bonds. The Balaban J connectivity index is 1.71. The third-order valence-electron chi connectivity index (χ3n) is 8.17. The lowest BCUT2D eigenvalue weighted by molar-refractivity contribution is -0.186. The minimum atomic E-state index is -0.772. The highest BCUT2D eigenvalue weighted by Gasteiger charge is 2.91. The van der Waals surface area contributed by atoms with Gasteiger partial charge in [0.1, 0.15) is 17.6 Å². The summed E-state index contributed by atoms with van der Waals surface area (Å²) in [6, 6.07) is 0. The van der Waals surface area contributed by atoms with E-state index in [-0.39, 0.29) is 59.0 Å². The van der Waals surface area contributed by atoms with Gasteiger partial charge in [-0.05, 0) is 11.8 Å². The minimum Gasteiger partial charge on any atom is -0.459 e. The second-order valence-electron chi connectivity index (χ2n) is 8.35. The van der Waals surface area contributed by atoms with Gasteiger partial charge < -0.3 is 18.9 Å². The Bertz CT molecular complexity index is 647. The van der Waals surface area contributed by atoms with E-state index in [9.17, 15) is 9.59 Å². The molecule has 0 N–H and O–H groups in total. The van der Waals surface area contributed by atoms with Gasteiger partial charge in [-0.1, -0.05) is 27.7 Å². The highest BCUT2D eigenvalue weighted by atomic mass is 16.8. The summed E-state index contributed by atoms with van der Waals surface area (Å²) < 4.78 is 23.1. The molecule has 0 aromatic rings. The molecule has 5 rings (SSSR count). The molecule has 10 unspecified atom stereocenters. The van der Waals surface area contributed by atoms with Crippen LogP contribution in [0.25, 0.3) is 0 Å². The predicted octanol–water partition coefficient (Wildman–Crippen LogP) is 1.27. The predicted molar refractivity (Wildman–Crippen MR) is 75.9 cm³/mol. The molecule has 3 saturated heterocycles. The van der Waals surface area contributed by atoms with Crippen LogP contribution in [0.3, 0.4) is 0 Å². The summed E-state index contributed by atoms with van der Waals surface area (Å²) in [5.41, 5.74) is -1.37. The van der Waals surface area contributed by atoms with Crippen molar-refractivity contribution in [2.45, 2.75) is 65.3 Å². The molecule has 126 valence electrons. The van der Waals surface area contributed by atoms with Gasteiger partial charge in [-0.3, -0.25) is 9.59 Å². The maximum Gasteiger partial charge on any atom is 0.320 e. The van der Waals surface area contributed by atoms with Crippen molar-refractivity contribution >= 4 is 11.9 Å². The molecule has 2 bridgehead atoms. The van der Waals surface area contributed by atoms with Crippen LogP contribution in [0, 0.1) is 28.1 Å². The lowest BCUT2D eigenvalue weighted by Crippen LogP contribution is -2.50. The second-order valence-corrected chi connectivity index (χ2v) is 8.35. The highest BCUT2D eigenvalue weighted by Crippen LogP contribution is 2.81. The van der Waals surface area contributed by atoms with Crippen molar-refractivity contribution in [1.82, 2.24) is 0 Å². The van der Waals surface area contributed by atoms with Crippen LogP contribution in [0.4, 0.5) is 0 Å². The van der Waals surface area contributed by atoms with Crippen LogP contribution in [0.15, 0.2) is 0 Å². The highest BCUT2D eigenvalue weighted by molar-refractivity contribution is 5.84. The largest absolute Gasteiger partial charge is 0.459 e. The number of epoxide rings is 1. The van der Waals surface area contributed by atoms with Gasteiger partial charge in [0.25, 0.3) is 0 Å². The first kappa shape index (κ1) is 14.2. The van der Waals surface area contributed by atoms with Crippen molar-refractivity contribution in [3.8, 4) is 0 Å². The van der Waals surface area contributed by atoms with Crippen LogP contribution >= 0.6 is 0 Å². The molecule has 3 aliphatic heterocycles. The summed E-state index contributed by atoms with van der Waals surface area (Å²) in [6.45, 7) is 9.97. The summed E-state index contributed by atoms with van der Waals surface area (Å²) in [6.07, 6.45) is -1.40. The fourth-order valence-corrected chi connectivity index (χ4v) is 6.69. The van der Waals surface area contributed by atoms with E-state index in [4.69, 9.17) is 18.9 Å². The van der Waals surface area contributed by atoms with Crippen molar-refractivity contribution in [2.75, 3.05) is 0 Å². The van der Waals surface area contributed by atoms with Gasteiger partial charge >= 0.3 is 11.9 Å². The van der Waals surface area contributed by atoms with Gasteiger partial charge in [0, 0.05) is 17.8 Å². The first-order chi connectivity index (χ1) is 10.7. The average molecular weight is 322 g/mol. The molecule has 1 spiro atoms. The SMILES string of the molecule is CC(=O)OC1C2OC3C4(C(=O)OC5OC54)C(C)C1(C)C3(C)C2C. The normalized spacial score (nSPS) is 64.2. The van der Waals surface area contributed by atoms with Gasteiger partial charge in [0.2, 0.25) is 6.29 Å². The van der Waals surface area contributed by atoms with Gasteiger partial charge in [0.15, 0.2) is 0 Å². The van der Waals surface area contributed by atoms with Crippen molar-refractivity contribution < 1.29 is 28.5 Å². The maximum atomic E-state index is 12.8. The zero-order chi connectivity index (χ0) is 16.5. The Morgan fingerprint density at radius 2 is 1.87 bits per heavy atom. The van der Waals surface area contributed by atoms with E-state index < -0.39 is 11.7 Å². The first-order valence-electron chi connectivity index (χ1n) is 8.41. The van der Waals surface area contributed by atoms with Crippen molar-refractivity contribution in [3.63, 3.8) is 0 Å². The molecule has 3 heterocycles. The summed E-state index contributed by atoms with van der Waals surface area (Å²) in [4.78, 5) is 24.5. The smallest absolute Gasteiger partial charge is 0.320 e. The number of carbonyl (C=O) groups excluding carboxylic acids is 2. The van der Waals surface area contributed by atoms with Gasteiger partial charge in [-0.15, -0.1) is 0 Å². The molecule has 10 atom stereocenters. The number of hydrogen-bond acceptors (Lipinski definition) is 6. The van der Waals surface area contributed by atoms with Crippen molar-refractivity contribution in [3.05, 3.63) is 0 Å². The third kappa shape index (κ3) is 1.11. The van der Waals surface area contributed by atoms with Crippen LogP contribution in [-0.2, 0) is 28.5 Å². The zero-order valence-electron chi connectivity index (χ0n) is 14.0. The van der Waals surface area contributed by atoms with E-state index in [0.717, 1.165) is 0 Å². The van der Waals surface area contributed by atoms with Crippen molar-refractivity contribution in [1.29, 1.82) is 0 Å². The lowest BCUT2D eigenvalue weighted by atomic mass is 9.63. The Morgan fingerprint density at radius 1 is 1.17 bits per heavy atom. The van der Waals surface area contributed by atoms with Gasteiger partial charge in [-0.25, -0.2) is 0 Å². The minimum absolute atomic E-state index is 0.0469. The molecule has 2 saturated carbocycles. The number of carbonyl (C=O) groups is 2. The Labute approximate surface area is 134 Å². The van der Waals surface area contributed by atoms with Crippen LogP contribution in [0.1, 0.15) is 34.6 Å². The molecule has 5 fully saturated rings. The standard InChI is InChI=1S/C17H22O6/c1-6-9-10(20-8(3)18)16(5)7(2)17(13(21-9)15(6,16)4)11-12(22-11)23-14(17)19/h6-7,9-13H,1-5H3. The fraction of sp³-hybridized carbons (Fsp3) is 0.882. The lowest BCUT2D eigenvalue weighted by Gasteiger charge is -2.45. The van der Waals surface area contributed by atoms with Crippen LogP contribution < -0.4 is 0 Å². The van der Waals surface area contributed by atoms with Crippen LogP contribution in [0.5, 0.6) is 0 Å². The number of ether oxygens (including phenoxy) is 4. The number of rotatable bonds is 1. The topological polar surface area (TPSA) is 74.4 Å². The molecule has 0 aromatic heterocycles. The molecule has 2 aliphatic carbocycles. The summed E-state index contributed by atoms with van der Waals surface area (Å²) in [5, 5.41) is 0. The first-order valence-corrected chi connectivity index (χ1v) is 8.41. The summed E-state index contributed by atoms with van der Waals surface area (Å²) in [7, 11) is 0. The van der Waals surface area contributed by atoms with E-state index in [1.807, 2.05) is 0 Å². The van der Waals surface area contributed by atoms with Crippen molar-refractivity contribution in [2.24, 2.45) is 28.1 Å². The van der Waals surface area contributed by atoms with Crippen LogP contribution in [-0.4, -0.2) is 42.6 Å².